The van der Waals surface area contributed by atoms with Crippen LogP contribution in [0.5, 0.6) is 5.75 Å². The van der Waals surface area contributed by atoms with Gasteiger partial charge in [-0.25, -0.2) is 0 Å². The molecule has 0 aliphatic rings. The Bertz CT molecular complexity index is 797. The average Bonchev–Trinajstić information content (AvgIpc) is 2.75. The molecule has 2 amide bonds. The van der Waals surface area contributed by atoms with Crippen molar-refractivity contribution in [2.45, 2.75) is 31.7 Å². The molecule has 0 saturated heterocycles. The highest BCUT2D eigenvalue weighted by Crippen LogP contribution is 2.19. The van der Waals surface area contributed by atoms with Gasteiger partial charge < -0.3 is 15.0 Å². The molecule has 0 heterocycles. The molecule has 2 aromatic carbocycles. The lowest BCUT2D eigenvalue weighted by atomic mass is 10.1. The maximum absolute atomic E-state index is 13.0. The minimum absolute atomic E-state index is 0.0600. The molecule has 0 radical (unpaired) electrons. The van der Waals surface area contributed by atoms with Gasteiger partial charge in [-0.05, 0) is 41.8 Å². The molecule has 0 aliphatic carbocycles. The molecule has 0 bridgehead atoms. The number of hydrogen-bond acceptors (Lipinski definition) is 4. The molecule has 156 valence electrons. The first kappa shape index (κ1) is 23.1. The van der Waals surface area contributed by atoms with Crippen molar-refractivity contribution in [3.63, 3.8) is 0 Å². The lowest BCUT2D eigenvalue weighted by Gasteiger charge is -2.30. The number of halogens is 1. The third-order valence-electron chi connectivity index (χ3n) is 4.55. The quantitative estimate of drug-likeness (QED) is 0.610. The molecule has 0 aliphatic heterocycles. The van der Waals surface area contributed by atoms with Crippen LogP contribution in [0.25, 0.3) is 0 Å². The first-order valence-electron chi connectivity index (χ1n) is 9.44. The van der Waals surface area contributed by atoms with Crippen LogP contribution in [-0.4, -0.2) is 42.7 Å². The predicted molar refractivity (Wildman–Crippen MR) is 119 cm³/mol. The summed E-state index contributed by atoms with van der Waals surface area (Å²) in [6, 6.07) is 14.6. The number of thioether (sulfide) groups is 1. The van der Waals surface area contributed by atoms with Crippen molar-refractivity contribution >= 4 is 35.2 Å². The van der Waals surface area contributed by atoms with E-state index in [-0.39, 0.29) is 11.8 Å². The molecule has 0 spiro atoms. The van der Waals surface area contributed by atoms with Crippen molar-refractivity contribution in [3.8, 4) is 5.75 Å². The number of carbonyl (C=O) groups excluding carboxylic acids is 2. The standard InChI is InChI=1S/C22H27ClN2O3S/c1-4-20(22(27)24-2)25(13-16-7-11-19(28-3)12-8-16)21(26)15-29-14-17-5-9-18(23)10-6-17/h5-12,20H,4,13-15H2,1-3H3,(H,24,27)/t20-/m1/s1. The van der Waals surface area contributed by atoms with E-state index in [0.717, 1.165) is 16.9 Å². The summed E-state index contributed by atoms with van der Waals surface area (Å²) in [7, 11) is 3.21. The summed E-state index contributed by atoms with van der Waals surface area (Å²) in [4.78, 5) is 27.0. The van der Waals surface area contributed by atoms with Crippen LogP contribution in [0.2, 0.25) is 5.02 Å². The second-order valence-corrected chi connectivity index (χ2v) is 7.95. The summed E-state index contributed by atoms with van der Waals surface area (Å²) in [5, 5.41) is 3.36. The summed E-state index contributed by atoms with van der Waals surface area (Å²) in [5.41, 5.74) is 2.05. The molecule has 1 atom stereocenters. The van der Waals surface area contributed by atoms with E-state index in [9.17, 15) is 9.59 Å². The lowest BCUT2D eigenvalue weighted by molar-refractivity contribution is -0.139. The second kappa shape index (κ2) is 11.7. The fourth-order valence-corrected chi connectivity index (χ4v) is 3.93. The van der Waals surface area contributed by atoms with Crippen LogP contribution in [0.4, 0.5) is 0 Å². The molecule has 5 nitrogen and oxygen atoms in total. The normalized spacial score (nSPS) is 11.6. The zero-order valence-corrected chi connectivity index (χ0v) is 18.6. The van der Waals surface area contributed by atoms with E-state index in [4.69, 9.17) is 16.3 Å². The summed E-state index contributed by atoms with van der Waals surface area (Å²) in [6.45, 7) is 2.28. The van der Waals surface area contributed by atoms with Gasteiger partial charge in [0.15, 0.2) is 0 Å². The van der Waals surface area contributed by atoms with Crippen LogP contribution in [-0.2, 0) is 21.9 Å². The van der Waals surface area contributed by atoms with Crippen molar-refractivity contribution in [1.82, 2.24) is 10.2 Å². The molecule has 0 unspecified atom stereocenters. The third-order valence-corrected chi connectivity index (χ3v) is 5.79. The number of nitrogens with zero attached hydrogens (tertiary/aromatic N) is 1. The molecule has 1 N–H and O–H groups in total. The maximum Gasteiger partial charge on any atom is 0.242 e. The van der Waals surface area contributed by atoms with Crippen molar-refractivity contribution in [2.75, 3.05) is 19.9 Å². The molecular formula is C22H27ClN2O3S. The molecule has 29 heavy (non-hydrogen) atoms. The Labute approximate surface area is 181 Å². The summed E-state index contributed by atoms with van der Waals surface area (Å²) in [5.74, 6) is 1.54. The SMILES string of the molecule is CC[C@H](C(=O)NC)N(Cc1ccc(OC)cc1)C(=O)CSCc1ccc(Cl)cc1. The van der Waals surface area contributed by atoms with Crippen LogP contribution in [0.1, 0.15) is 24.5 Å². The molecule has 0 fully saturated rings. The van der Waals surface area contributed by atoms with Gasteiger partial charge >= 0.3 is 0 Å². The number of methoxy groups -OCH3 is 1. The van der Waals surface area contributed by atoms with Gasteiger partial charge in [0.2, 0.25) is 11.8 Å². The summed E-state index contributed by atoms with van der Waals surface area (Å²) < 4.78 is 5.19. The van der Waals surface area contributed by atoms with Gasteiger partial charge in [-0.3, -0.25) is 9.59 Å². The smallest absolute Gasteiger partial charge is 0.242 e. The highest BCUT2D eigenvalue weighted by Gasteiger charge is 2.27. The Morgan fingerprint density at radius 1 is 1.10 bits per heavy atom. The lowest BCUT2D eigenvalue weighted by Crippen LogP contribution is -2.48. The van der Waals surface area contributed by atoms with Crippen LogP contribution < -0.4 is 10.1 Å². The van der Waals surface area contributed by atoms with Gasteiger partial charge in [-0.2, -0.15) is 0 Å². The fraction of sp³-hybridized carbons (Fsp3) is 0.364. The molecule has 2 rings (SSSR count). The van der Waals surface area contributed by atoms with E-state index in [0.29, 0.717) is 29.5 Å². The van der Waals surface area contributed by atoms with Crippen molar-refractivity contribution < 1.29 is 14.3 Å². The van der Waals surface area contributed by atoms with Gasteiger partial charge in [-0.1, -0.05) is 42.8 Å². The van der Waals surface area contributed by atoms with E-state index in [2.05, 4.69) is 5.32 Å². The number of hydrogen-bond donors (Lipinski definition) is 1. The van der Waals surface area contributed by atoms with Gasteiger partial charge in [0.05, 0.1) is 12.9 Å². The zero-order chi connectivity index (χ0) is 21.2. The number of likely N-dealkylation sites (N-methyl/N-ethyl adjacent to an activating group) is 1. The highest BCUT2D eigenvalue weighted by atomic mass is 35.5. The topological polar surface area (TPSA) is 58.6 Å². The molecule has 7 heteroatoms. The largest absolute Gasteiger partial charge is 0.497 e. The van der Waals surface area contributed by atoms with Crippen LogP contribution in [0.3, 0.4) is 0 Å². The Morgan fingerprint density at radius 2 is 1.72 bits per heavy atom. The molecule has 0 saturated carbocycles. The Morgan fingerprint density at radius 3 is 2.28 bits per heavy atom. The van der Waals surface area contributed by atoms with Crippen LogP contribution in [0.15, 0.2) is 48.5 Å². The summed E-state index contributed by atoms with van der Waals surface area (Å²) in [6.07, 6.45) is 0.545. The second-order valence-electron chi connectivity index (χ2n) is 6.53. The van der Waals surface area contributed by atoms with Gasteiger partial charge in [0.1, 0.15) is 11.8 Å². The molecular weight excluding hydrogens is 408 g/mol. The number of rotatable bonds is 10. The van der Waals surface area contributed by atoms with Crippen LogP contribution >= 0.6 is 23.4 Å². The number of carbonyl (C=O) groups is 2. The van der Waals surface area contributed by atoms with Gasteiger partial charge in [0, 0.05) is 24.4 Å². The number of amides is 2. The number of benzene rings is 2. The first-order valence-corrected chi connectivity index (χ1v) is 11.0. The molecule has 2 aromatic rings. The zero-order valence-electron chi connectivity index (χ0n) is 17.0. The van der Waals surface area contributed by atoms with Crippen molar-refractivity contribution in [2.24, 2.45) is 0 Å². The Kier molecular flexibility index (Phi) is 9.35. The van der Waals surface area contributed by atoms with E-state index < -0.39 is 6.04 Å². The Hall–Kier alpha value is -2.18. The minimum atomic E-state index is -0.509. The van der Waals surface area contributed by atoms with Crippen molar-refractivity contribution in [3.05, 3.63) is 64.7 Å². The van der Waals surface area contributed by atoms with Crippen LogP contribution in [0, 0.1) is 0 Å². The van der Waals surface area contributed by atoms with E-state index >= 15 is 0 Å². The number of nitrogens with one attached hydrogen (secondary N) is 1. The average molecular weight is 435 g/mol. The van der Waals surface area contributed by atoms with E-state index in [1.165, 1.54) is 11.8 Å². The predicted octanol–water partition coefficient (Wildman–Crippen LogP) is 4.14. The van der Waals surface area contributed by atoms with E-state index in [1.807, 2.05) is 55.5 Å². The Balaban J connectivity index is 2.08. The first-order chi connectivity index (χ1) is 14.0. The molecule has 0 aromatic heterocycles. The third kappa shape index (κ3) is 6.98. The monoisotopic (exact) mass is 434 g/mol. The fourth-order valence-electron chi connectivity index (χ4n) is 2.93. The minimum Gasteiger partial charge on any atom is -0.497 e. The van der Waals surface area contributed by atoms with Crippen molar-refractivity contribution in [1.29, 1.82) is 0 Å². The van der Waals surface area contributed by atoms with E-state index in [1.54, 1.807) is 19.1 Å². The van der Waals surface area contributed by atoms with Gasteiger partial charge in [-0.15, -0.1) is 11.8 Å². The summed E-state index contributed by atoms with van der Waals surface area (Å²) >= 11 is 7.44. The maximum atomic E-state index is 13.0. The highest BCUT2D eigenvalue weighted by molar-refractivity contribution is 7.99. The van der Waals surface area contributed by atoms with Gasteiger partial charge in [0.25, 0.3) is 0 Å². The number of ether oxygens (including phenoxy) is 1.